The number of hydrogen-bond acceptors (Lipinski definition) is 3. The van der Waals surface area contributed by atoms with Crippen molar-refractivity contribution in [1.29, 1.82) is 0 Å². The molecule has 0 aromatic heterocycles. The average molecular weight is 209 g/mol. The maximum atomic E-state index is 11.2. The fraction of sp³-hybridized carbons (Fsp3) is 0.364. The van der Waals surface area contributed by atoms with Crippen LogP contribution in [0.4, 0.5) is 0 Å². The number of amides is 1. The molecule has 1 atom stereocenters. The molecule has 0 bridgehead atoms. The molecule has 1 amide bonds. The van der Waals surface area contributed by atoms with E-state index in [0.29, 0.717) is 11.3 Å². The second kappa shape index (κ2) is 4.68. The largest absolute Gasteiger partial charge is 0.508 e. The van der Waals surface area contributed by atoms with Gasteiger partial charge in [0, 0.05) is 12.6 Å². The highest BCUT2D eigenvalue weighted by Gasteiger charge is 2.14. The molecule has 0 radical (unpaired) electrons. The minimum atomic E-state index is -0.574. The third-order valence-electron chi connectivity index (χ3n) is 2.17. The van der Waals surface area contributed by atoms with E-state index in [9.17, 15) is 9.90 Å². The zero-order chi connectivity index (χ0) is 11.4. The Morgan fingerprint density at radius 3 is 2.80 bits per heavy atom. The molecule has 82 valence electrons. The summed E-state index contributed by atoms with van der Waals surface area (Å²) in [7, 11) is 1.55. The molecule has 0 saturated carbocycles. The third-order valence-corrected chi connectivity index (χ3v) is 2.17. The van der Waals surface area contributed by atoms with Crippen LogP contribution in [0.5, 0.6) is 11.5 Å². The number of rotatable bonds is 3. The summed E-state index contributed by atoms with van der Waals surface area (Å²) in [5, 5.41) is 11.9. The highest BCUT2D eigenvalue weighted by molar-refractivity contribution is 5.80. The summed E-state index contributed by atoms with van der Waals surface area (Å²) in [6.45, 7) is 3.39. The van der Waals surface area contributed by atoms with Crippen molar-refractivity contribution in [3.05, 3.63) is 23.8 Å². The molecule has 0 saturated heterocycles. The first-order valence-corrected chi connectivity index (χ1v) is 4.73. The Labute approximate surface area is 88.9 Å². The maximum Gasteiger partial charge on any atom is 0.260 e. The molecule has 0 aliphatic heterocycles. The average Bonchev–Trinajstić information content (AvgIpc) is 2.23. The van der Waals surface area contributed by atoms with E-state index in [1.54, 1.807) is 39.1 Å². The van der Waals surface area contributed by atoms with Gasteiger partial charge in [-0.2, -0.15) is 0 Å². The van der Waals surface area contributed by atoms with E-state index in [0.717, 1.165) is 0 Å². The zero-order valence-electron chi connectivity index (χ0n) is 9.07. The third kappa shape index (κ3) is 2.62. The molecule has 4 nitrogen and oxygen atoms in total. The van der Waals surface area contributed by atoms with Gasteiger partial charge in [-0.1, -0.05) is 6.07 Å². The van der Waals surface area contributed by atoms with Gasteiger partial charge in [0.2, 0.25) is 0 Å². The predicted octanol–water partition coefficient (Wildman–Crippen LogP) is 1.21. The van der Waals surface area contributed by atoms with Crippen LogP contribution in [0.3, 0.4) is 0 Å². The molecular formula is C11H15NO3. The van der Waals surface area contributed by atoms with Gasteiger partial charge in [0.15, 0.2) is 6.10 Å². The highest BCUT2D eigenvalue weighted by atomic mass is 16.5. The summed E-state index contributed by atoms with van der Waals surface area (Å²) in [6.07, 6.45) is -0.574. The van der Waals surface area contributed by atoms with Crippen LogP contribution in [0, 0.1) is 6.92 Å². The van der Waals surface area contributed by atoms with Gasteiger partial charge in [0.25, 0.3) is 5.91 Å². The van der Waals surface area contributed by atoms with Crippen LogP contribution >= 0.6 is 0 Å². The Morgan fingerprint density at radius 1 is 1.53 bits per heavy atom. The Kier molecular flexibility index (Phi) is 3.55. The van der Waals surface area contributed by atoms with E-state index in [-0.39, 0.29) is 11.7 Å². The van der Waals surface area contributed by atoms with Gasteiger partial charge in [-0.05, 0) is 26.0 Å². The summed E-state index contributed by atoms with van der Waals surface area (Å²) >= 11 is 0. The predicted molar refractivity (Wildman–Crippen MR) is 57.0 cm³/mol. The lowest BCUT2D eigenvalue weighted by atomic mass is 10.2. The van der Waals surface area contributed by atoms with Crippen molar-refractivity contribution in [3.8, 4) is 11.5 Å². The maximum absolute atomic E-state index is 11.2. The number of carbonyl (C=O) groups excluding carboxylic acids is 1. The van der Waals surface area contributed by atoms with Crippen molar-refractivity contribution in [3.63, 3.8) is 0 Å². The van der Waals surface area contributed by atoms with Crippen LogP contribution < -0.4 is 10.1 Å². The van der Waals surface area contributed by atoms with E-state index in [1.165, 1.54) is 0 Å². The van der Waals surface area contributed by atoms with Gasteiger partial charge >= 0.3 is 0 Å². The number of phenols is 1. The quantitative estimate of drug-likeness (QED) is 0.786. The second-order valence-corrected chi connectivity index (χ2v) is 3.27. The van der Waals surface area contributed by atoms with E-state index in [1.807, 2.05) is 0 Å². The van der Waals surface area contributed by atoms with Crippen LogP contribution in [-0.4, -0.2) is 24.2 Å². The summed E-state index contributed by atoms with van der Waals surface area (Å²) in [5.74, 6) is 0.487. The first-order chi connectivity index (χ1) is 7.06. The summed E-state index contributed by atoms with van der Waals surface area (Å²) in [4.78, 5) is 11.2. The Bertz CT molecular complexity index is 363. The van der Waals surface area contributed by atoms with Gasteiger partial charge in [0.1, 0.15) is 11.5 Å². The molecule has 0 aliphatic rings. The minimum absolute atomic E-state index is 0.164. The normalized spacial score (nSPS) is 11.9. The van der Waals surface area contributed by atoms with Crippen LogP contribution in [0.25, 0.3) is 0 Å². The van der Waals surface area contributed by atoms with Crippen molar-refractivity contribution >= 4 is 5.91 Å². The Hall–Kier alpha value is -1.71. The highest BCUT2D eigenvalue weighted by Crippen LogP contribution is 2.26. The fourth-order valence-corrected chi connectivity index (χ4v) is 1.18. The molecule has 1 rings (SSSR count). The first kappa shape index (κ1) is 11.4. The number of hydrogen-bond donors (Lipinski definition) is 2. The number of ether oxygens (including phenoxy) is 1. The Balaban J connectivity index is 2.81. The van der Waals surface area contributed by atoms with Crippen LogP contribution in [0.2, 0.25) is 0 Å². The van der Waals surface area contributed by atoms with Crippen LogP contribution in [0.1, 0.15) is 12.5 Å². The van der Waals surface area contributed by atoms with E-state index < -0.39 is 6.10 Å². The number of phenolic OH excluding ortho intramolecular Hbond substituents is 1. The number of aromatic hydroxyl groups is 1. The number of carbonyl (C=O) groups is 1. The molecule has 1 aromatic carbocycles. The SMILES string of the molecule is CNC(=O)C(C)Oc1cccc(O)c1C. The second-order valence-electron chi connectivity index (χ2n) is 3.27. The topological polar surface area (TPSA) is 58.6 Å². The van der Waals surface area contributed by atoms with Crippen LogP contribution in [0.15, 0.2) is 18.2 Å². The molecule has 4 heteroatoms. The lowest BCUT2D eigenvalue weighted by Crippen LogP contribution is -2.33. The zero-order valence-corrected chi connectivity index (χ0v) is 9.07. The van der Waals surface area contributed by atoms with Crippen LogP contribution in [-0.2, 0) is 4.79 Å². The molecule has 1 unspecified atom stereocenters. The summed E-state index contributed by atoms with van der Waals surface area (Å²) < 4.78 is 5.41. The smallest absolute Gasteiger partial charge is 0.260 e. The molecule has 0 fully saturated rings. The molecule has 15 heavy (non-hydrogen) atoms. The Morgan fingerprint density at radius 2 is 2.20 bits per heavy atom. The lowest BCUT2D eigenvalue weighted by molar-refractivity contribution is -0.126. The van der Waals surface area contributed by atoms with Crippen molar-refractivity contribution in [2.24, 2.45) is 0 Å². The van der Waals surface area contributed by atoms with Gasteiger partial charge in [0.05, 0.1) is 0 Å². The molecule has 0 heterocycles. The first-order valence-electron chi connectivity index (χ1n) is 4.73. The van der Waals surface area contributed by atoms with E-state index in [2.05, 4.69) is 5.32 Å². The number of likely N-dealkylation sites (N-methyl/N-ethyl adjacent to an activating group) is 1. The van der Waals surface area contributed by atoms with Crippen molar-refractivity contribution in [2.45, 2.75) is 20.0 Å². The lowest BCUT2D eigenvalue weighted by Gasteiger charge is -2.15. The number of nitrogens with one attached hydrogen (secondary N) is 1. The van der Waals surface area contributed by atoms with Gasteiger partial charge < -0.3 is 15.2 Å². The minimum Gasteiger partial charge on any atom is -0.508 e. The molecule has 1 aromatic rings. The molecular weight excluding hydrogens is 194 g/mol. The van der Waals surface area contributed by atoms with Gasteiger partial charge in [-0.15, -0.1) is 0 Å². The van der Waals surface area contributed by atoms with Crippen molar-refractivity contribution in [1.82, 2.24) is 5.32 Å². The van der Waals surface area contributed by atoms with Gasteiger partial charge in [-0.3, -0.25) is 4.79 Å². The standard InChI is InChI=1S/C11H15NO3/c1-7-9(13)5-4-6-10(7)15-8(2)11(14)12-3/h4-6,8,13H,1-3H3,(H,12,14). The van der Waals surface area contributed by atoms with E-state index >= 15 is 0 Å². The molecule has 0 spiro atoms. The van der Waals surface area contributed by atoms with Crippen molar-refractivity contribution < 1.29 is 14.6 Å². The number of benzene rings is 1. The molecule has 0 aliphatic carbocycles. The monoisotopic (exact) mass is 209 g/mol. The van der Waals surface area contributed by atoms with Gasteiger partial charge in [-0.25, -0.2) is 0 Å². The van der Waals surface area contributed by atoms with E-state index in [4.69, 9.17) is 4.74 Å². The summed E-state index contributed by atoms with van der Waals surface area (Å²) in [5.41, 5.74) is 0.633. The van der Waals surface area contributed by atoms with Crippen molar-refractivity contribution in [2.75, 3.05) is 7.05 Å². The fourth-order valence-electron chi connectivity index (χ4n) is 1.18. The summed E-state index contributed by atoms with van der Waals surface area (Å²) in [6, 6.07) is 4.97. The molecule has 2 N–H and O–H groups in total.